The van der Waals surface area contributed by atoms with E-state index in [9.17, 15) is 4.79 Å². The highest BCUT2D eigenvalue weighted by Gasteiger charge is 2.14. The van der Waals surface area contributed by atoms with E-state index in [2.05, 4.69) is 10.6 Å². The normalized spacial score (nSPS) is 10.3. The summed E-state index contributed by atoms with van der Waals surface area (Å²) in [6, 6.07) is 17.3. The highest BCUT2D eigenvalue weighted by molar-refractivity contribution is 7.80. The SMILES string of the molecule is COc1cc(NC(=S)NC(=O)c2ccccc2Cl)ccc1-c1cc(Cl)ccc1Cl. The van der Waals surface area contributed by atoms with Crippen LogP contribution >= 0.6 is 47.0 Å². The molecule has 0 aliphatic carbocycles. The minimum absolute atomic E-state index is 0.130. The molecule has 29 heavy (non-hydrogen) atoms. The molecule has 0 heterocycles. The quantitative estimate of drug-likeness (QED) is 0.435. The molecular weight excluding hydrogens is 451 g/mol. The maximum atomic E-state index is 12.3. The topological polar surface area (TPSA) is 50.4 Å². The number of anilines is 1. The molecule has 0 aliphatic rings. The van der Waals surface area contributed by atoms with Gasteiger partial charge in [-0.15, -0.1) is 0 Å². The number of thiocarbonyl (C=S) groups is 1. The molecule has 0 atom stereocenters. The number of hydrogen-bond donors (Lipinski definition) is 2. The van der Waals surface area contributed by atoms with Crippen LogP contribution in [0.3, 0.4) is 0 Å². The van der Waals surface area contributed by atoms with Crippen LogP contribution < -0.4 is 15.4 Å². The lowest BCUT2D eigenvalue weighted by atomic mass is 10.0. The Morgan fingerprint density at radius 1 is 0.931 bits per heavy atom. The number of nitrogens with one attached hydrogen (secondary N) is 2. The molecule has 0 radical (unpaired) electrons. The average molecular weight is 466 g/mol. The van der Waals surface area contributed by atoms with Gasteiger partial charge in [0.15, 0.2) is 5.11 Å². The van der Waals surface area contributed by atoms with Gasteiger partial charge in [0, 0.05) is 32.9 Å². The van der Waals surface area contributed by atoms with E-state index < -0.39 is 5.91 Å². The molecule has 1 amide bonds. The number of hydrogen-bond acceptors (Lipinski definition) is 3. The van der Waals surface area contributed by atoms with Gasteiger partial charge in [-0.3, -0.25) is 10.1 Å². The summed E-state index contributed by atoms with van der Waals surface area (Å²) in [6.07, 6.45) is 0. The molecule has 3 aromatic carbocycles. The molecule has 0 unspecified atom stereocenters. The van der Waals surface area contributed by atoms with Gasteiger partial charge in [0.2, 0.25) is 0 Å². The number of amides is 1. The highest BCUT2D eigenvalue weighted by Crippen LogP contribution is 2.37. The third-order valence-corrected chi connectivity index (χ3v) is 5.12. The van der Waals surface area contributed by atoms with Crippen LogP contribution in [0.4, 0.5) is 5.69 Å². The third kappa shape index (κ3) is 5.19. The minimum atomic E-state index is -0.401. The maximum absolute atomic E-state index is 12.3. The summed E-state index contributed by atoms with van der Waals surface area (Å²) in [7, 11) is 1.55. The molecule has 0 aromatic heterocycles. The van der Waals surface area contributed by atoms with Gasteiger partial charge in [-0.2, -0.15) is 0 Å². The van der Waals surface area contributed by atoms with E-state index in [1.165, 1.54) is 0 Å². The molecule has 0 saturated heterocycles. The number of methoxy groups -OCH3 is 1. The van der Waals surface area contributed by atoms with Gasteiger partial charge >= 0.3 is 0 Å². The van der Waals surface area contributed by atoms with Crippen molar-refractivity contribution in [2.45, 2.75) is 0 Å². The van der Waals surface area contributed by atoms with Gasteiger partial charge in [-0.1, -0.05) is 46.9 Å². The number of halogens is 3. The first-order chi connectivity index (χ1) is 13.9. The Morgan fingerprint density at radius 3 is 2.41 bits per heavy atom. The van der Waals surface area contributed by atoms with Crippen molar-refractivity contribution < 1.29 is 9.53 Å². The molecule has 0 fully saturated rings. The Balaban J connectivity index is 1.78. The fourth-order valence-corrected chi connectivity index (χ4v) is 3.50. The average Bonchev–Trinajstić information content (AvgIpc) is 2.70. The monoisotopic (exact) mass is 464 g/mol. The molecule has 3 aromatic rings. The van der Waals surface area contributed by atoms with E-state index in [4.69, 9.17) is 51.8 Å². The molecule has 0 bridgehead atoms. The van der Waals surface area contributed by atoms with Crippen LogP contribution in [0.2, 0.25) is 15.1 Å². The van der Waals surface area contributed by atoms with E-state index in [1.54, 1.807) is 61.7 Å². The molecule has 4 nitrogen and oxygen atoms in total. The van der Waals surface area contributed by atoms with Crippen molar-refractivity contribution in [1.29, 1.82) is 0 Å². The van der Waals surface area contributed by atoms with E-state index >= 15 is 0 Å². The smallest absolute Gasteiger partial charge is 0.258 e. The van der Waals surface area contributed by atoms with E-state index in [-0.39, 0.29) is 5.11 Å². The predicted molar refractivity (Wildman–Crippen MR) is 124 cm³/mol. The second kappa shape index (κ2) is 9.46. The van der Waals surface area contributed by atoms with Crippen molar-refractivity contribution in [2.24, 2.45) is 0 Å². The van der Waals surface area contributed by atoms with Crippen molar-refractivity contribution >= 4 is 63.7 Å². The number of rotatable bonds is 4. The van der Waals surface area contributed by atoms with Crippen LogP contribution in [0, 0.1) is 0 Å². The maximum Gasteiger partial charge on any atom is 0.258 e. The number of benzene rings is 3. The highest BCUT2D eigenvalue weighted by atomic mass is 35.5. The summed E-state index contributed by atoms with van der Waals surface area (Å²) in [4.78, 5) is 12.3. The Labute approximate surface area is 188 Å². The van der Waals surface area contributed by atoms with Crippen molar-refractivity contribution in [3.8, 4) is 16.9 Å². The van der Waals surface area contributed by atoms with E-state index in [0.717, 1.165) is 11.1 Å². The largest absolute Gasteiger partial charge is 0.496 e. The summed E-state index contributed by atoms with van der Waals surface area (Å²) in [5, 5.41) is 7.16. The van der Waals surface area contributed by atoms with Gasteiger partial charge in [0.1, 0.15) is 5.75 Å². The summed E-state index contributed by atoms with van der Waals surface area (Å²) in [5.41, 5.74) is 2.49. The lowest BCUT2D eigenvalue weighted by molar-refractivity contribution is 0.0978. The molecular formula is C21H15Cl3N2O2S. The molecule has 148 valence electrons. The first-order valence-corrected chi connectivity index (χ1v) is 9.93. The van der Waals surface area contributed by atoms with Crippen LogP contribution in [0.15, 0.2) is 60.7 Å². The third-order valence-electron chi connectivity index (χ3n) is 4.02. The van der Waals surface area contributed by atoms with Crippen molar-refractivity contribution in [3.05, 3.63) is 81.3 Å². The first kappa shape index (κ1) is 21.4. The van der Waals surface area contributed by atoms with Gasteiger partial charge in [-0.25, -0.2) is 0 Å². The lowest BCUT2D eigenvalue weighted by Gasteiger charge is -2.14. The van der Waals surface area contributed by atoms with Crippen LogP contribution in [0.1, 0.15) is 10.4 Å². The summed E-state index contributed by atoms with van der Waals surface area (Å²) < 4.78 is 5.49. The Morgan fingerprint density at radius 2 is 1.69 bits per heavy atom. The summed E-state index contributed by atoms with van der Waals surface area (Å²) >= 11 is 23.7. The Bertz CT molecular complexity index is 1090. The molecule has 0 spiro atoms. The van der Waals surface area contributed by atoms with Crippen LogP contribution in [0.5, 0.6) is 5.75 Å². The van der Waals surface area contributed by atoms with Gasteiger partial charge < -0.3 is 10.1 Å². The first-order valence-electron chi connectivity index (χ1n) is 8.39. The molecule has 0 saturated carbocycles. The number of ether oxygens (including phenoxy) is 1. The fourth-order valence-electron chi connectivity index (χ4n) is 2.67. The summed E-state index contributed by atoms with van der Waals surface area (Å²) in [6.45, 7) is 0. The zero-order valence-electron chi connectivity index (χ0n) is 15.1. The molecule has 3 rings (SSSR count). The second-order valence-electron chi connectivity index (χ2n) is 5.93. The van der Waals surface area contributed by atoms with E-state index in [1.807, 2.05) is 6.07 Å². The van der Waals surface area contributed by atoms with Crippen molar-refractivity contribution in [2.75, 3.05) is 12.4 Å². The second-order valence-corrected chi connectivity index (χ2v) is 7.59. The van der Waals surface area contributed by atoms with Crippen LogP contribution in [0.25, 0.3) is 11.1 Å². The number of carbonyl (C=O) groups excluding carboxylic acids is 1. The van der Waals surface area contributed by atoms with Crippen LogP contribution in [-0.4, -0.2) is 18.1 Å². The Kier molecular flexibility index (Phi) is 6.98. The predicted octanol–water partition coefficient (Wildman–Crippen LogP) is 6.45. The van der Waals surface area contributed by atoms with E-state index in [0.29, 0.717) is 32.1 Å². The lowest BCUT2D eigenvalue weighted by Crippen LogP contribution is -2.34. The Hall–Kier alpha value is -2.31. The zero-order valence-corrected chi connectivity index (χ0v) is 18.2. The number of carbonyl (C=O) groups is 1. The van der Waals surface area contributed by atoms with Gasteiger partial charge in [0.25, 0.3) is 5.91 Å². The molecule has 2 N–H and O–H groups in total. The van der Waals surface area contributed by atoms with Crippen LogP contribution in [-0.2, 0) is 0 Å². The fraction of sp³-hybridized carbons (Fsp3) is 0.0476. The molecule has 0 aliphatic heterocycles. The van der Waals surface area contributed by atoms with Crippen molar-refractivity contribution in [1.82, 2.24) is 5.32 Å². The van der Waals surface area contributed by atoms with Crippen molar-refractivity contribution in [3.63, 3.8) is 0 Å². The molecule has 8 heteroatoms. The van der Waals surface area contributed by atoms with Gasteiger partial charge in [0.05, 0.1) is 17.7 Å². The minimum Gasteiger partial charge on any atom is -0.496 e. The van der Waals surface area contributed by atoms with Gasteiger partial charge in [-0.05, 0) is 54.7 Å². The zero-order chi connectivity index (χ0) is 21.0. The standard InChI is InChI=1S/C21H15Cl3N2O2S/c1-28-19-11-13(7-8-14(19)16-10-12(22)6-9-18(16)24)25-21(29)26-20(27)15-4-2-3-5-17(15)23/h2-11H,1H3,(H2,25,26,27,29). The summed E-state index contributed by atoms with van der Waals surface area (Å²) in [5.74, 6) is 0.168.